The molecule has 7 heteroatoms. The number of alkyl halides is 1. The van der Waals surface area contributed by atoms with Gasteiger partial charge in [0, 0.05) is 19.0 Å². The Bertz CT molecular complexity index is 498. The molecular formula is C12H18ClN3O2S. The summed E-state index contributed by atoms with van der Waals surface area (Å²) in [5.74, 6) is 0.886. The van der Waals surface area contributed by atoms with Gasteiger partial charge in [0.25, 0.3) is 0 Å². The number of sulfonamides is 1. The second kappa shape index (κ2) is 6.43. The van der Waals surface area contributed by atoms with Crippen LogP contribution in [0.5, 0.6) is 0 Å². The van der Waals surface area contributed by atoms with Crippen LogP contribution in [0.1, 0.15) is 19.3 Å². The van der Waals surface area contributed by atoms with Crippen LogP contribution < -0.4 is 9.62 Å². The van der Waals surface area contributed by atoms with Gasteiger partial charge in [-0.1, -0.05) is 0 Å². The van der Waals surface area contributed by atoms with Crippen LogP contribution in [-0.2, 0) is 10.0 Å². The molecule has 0 aromatic carbocycles. The minimum atomic E-state index is -3.36. The molecule has 1 saturated heterocycles. The molecule has 5 nitrogen and oxygen atoms in total. The monoisotopic (exact) mass is 303 g/mol. The van der Waals surface area contributed by atoms with Crippen molar-refractivity contribution >= 4 is 33.1 Å². The average Bonchev–Trinajstić information content (AvgIpc) is 2.40. The summed E-state index contributed by atoms with van der Waals surface area (Å²) < 4.78 is 25.6. The zero-order valence-corrected chi connectivity index (χ0v) is 12.3. The average molecular weight is 304 g/mol. The van der Waals surface area contributed by atoms with Gasteiger partial charge in [0.15, 0.2) is 0 Å². The van der Waals surface area contributed by atoms with Gasteiger partial charge in [-0.2, -0.15) is 0 Å². The molecule has 19 heavy (non-hydrogen) atoms. The fraction of sp³-hybridized carbons (Fsp3) is 0.583. The number of hydrogen-bond acceptors (Lipinski definition) is 4. The fourth-order valence-electron chi connectivity index (χ4n) is 2.09. The van der Waals surface area contributed by atoms with Gasteiger partial charge >= 0.3 is 0 Å². The Morgan fingerprint density at radius 1 is 1.26 bits per heavy atom. The summed E-state index contributed by atoms with van der Waals surface area (Å²) >= 11 is 5.44. The Labute approximate surface area is 119 Å². The van der Waals surface area contributed by atoms with Crippen LogP contribution >= 0.6 is 11.6 Å². The first-order valence-corrected chi connectivity index (χ1v) is 8.57. The number of halogens is 1. The van der Waals surface area contributed by atoms with Crippen molar-refractivity contribution < 1.29 is 8.42 Å². The van der Waals surface area contributed by atoms with E-state index in [9.17, 15) is 8.42 Å². The maximum absolute atomic E-state index is 11.6. The zero-order chi connectivity index (χ0) is 13.7. The van der Waals surface area contributed by atoms with Crippen LogP contribution in [0, 0.1) is 0 Å². The number of nitrogens with zero attached hydrogens (tertiary/aromatic N) is 2. The Kier molecular flexibility index (Phi) is 4.87. The first-order valence-electron chi connectivity index (χ1n) is 6.38. The number of pyridine rings is 1. The number of piperidine rings is 1. The maximum Gasteiger partial charge on any atom is 0.233 e. The predicted octanol–water partition coefficient (Wildman–Crippen LogP) is 2.05. The second-order valence-electron chi connectivity index (χ2n) is 4.56. The number of anilines is 2. The van der Waals surface area contributed by atoms with Gasteiger partial charge in [-0.15, -0.1) is 11.6 Å². The van der Waals surface area contributed by atoms with Gasteiger partial charge in [-0.05, 0) is 31.4 Å². The molecule has 2 heterocycles. The molecule has 0 amide bonds. The molecule has 0 atom stereocenters. The SMILES string of the molecule is O=S(=O)(CCCl)Nc1ccc(N2CCCCC2)nc1. The van der Waals surface area contributed by atoms with Crippen LogP contribution in [0.4, 0.5) is 11.5 Å². The summed E-state index contributed by atoms with van der Waals surface area (Å²) in [7, 11) is -3.36. The molecule has 0 bridgehead atoms. The van der Waals surface area contributed by atoms with Crippen LogP contribution in [0.15, 0.2) is 18.3 Å². The van der Waals surface area contributed by atoms with Crippen LogP contribution in [0.25, 0.3) is 0 Å². The lowest BCUT2D eigenvalue weighted by Crippen LogP contribution is -2.30. The van der Waals surface area contributed by atoms with Crippen LogP contribution in [0.2, 0.25) is 0 Å². The highest BCUT2D eigenvalue weighted by atomic mass is 35.5. The summed E-state index contributed by atoms with van der Waals surface area (Å²) in [6.07, 6.45) is 5.19. The Morgan fingerprint density at radius 2 is 2.00 bits per heavy atom. The molecule has 1 N–H and O–H groups in total. The van der Waals surface area contributed by atoms with E-state index in [4.69, 9.17) is 11.6 Å². The molecule has 0 aliphatic carbocycles. The smallest absolute Gasteiger partial charge is 0.233 e. The predicted molar refractivity (Wildman–Crippen MR) is 78.4 cm³/mol. The molecule has 1 aromatic heterocycles. The zero-order valence-electron chi connectivity index (χ0n) is 10.7. The van der Waals surface area contributed by atoms with Crippen molar-refractivity contribution in [2.75, 3.05) is 34.3 Å². The maximum atomic E-state index is 11.6. The highest BCUT2D eigenvalue weighted by Gasteiger charge is 2.13. The third kappa shape index (κ3) is 4.24. The third-order valence-corrected chi connectivity index (χ3v) is 4.75. The molecule has 0 unspecified atom stereocenters. The van der Waals surface area contributed by atoms with E-state index in [0.29, 0.717) is 5.69 Å². The number of aromatic nitrogens is 1. The van der Waals surface area contributed by atoms with Gasteiger partial charge in [0.05, 0.1) is 17.6 Å². The minimum absolute atomic E-state index is 0.0780. The Balaban J connectivity index is 2.02. The van der Waals surface area contributed by atoms with Crippen molar-refractivity contribution in [1.29, 1.82) is 0 Å². The summed E-state index contributed by atoms with van der Waals surface area (Å²) in [5.41, 5.74) is 0.478. The first-order chi connectivity index (χ1) is 9.11. The lowest BCUT2D eigenvalue weighted by atomic mass is 10.1. The van der Waals surface area contributed by atoms with Crippen molar-refractivity contribution in [3.05, 3.63) is 18.3 Å². The van der Waals surface area contributed by atoms with Crippen molar-refractivity contribution in [2.24, 2.45) is 0 Å². The molecule has 1 aliphatic heterocycles. The largest absolute Gasteiger partial charge is 0.357 e. The van der Waals surface area contributed by atoms with E-state index in [1.165, 1.54) is 19.3 Å². The highest BCUT2D eigenvalue weighted by molar-refractivity contribution is 7.92. The topological polar surface area (TPSA) is 62.3 Å². The molecule has 1 aromatic rings. The quantitative estimate of drug-likeness (QED) is 0.846. The minimum Gasteiger partial charge on any atom is -0.357 e. The number of hydrogen-bond donors (Lipinski definition) is 1. The van der Waals surface area contributed by atoms with Gasteiger partial charge < -0.3 is 4.90 Å². The molecule has 106 valence electrons. The molecule has 2 rings (SSSR count). The lowest BCUT2D eigenvalue weighted by molar-refractivity contribution is 0.573. The molecule has 0 saturated carbocycles. The standard InChI is InChI=1S/C12H18ClN3O2S/c13-6-9-19(17,18)15-11-4-5-12(14-10-11)16-7-2-1-3-8-16/h4-5,10,15H,1-3,6-9H2. The number of rotatable bonds is 5. The van der Waals surface area contributed by atoms with Gasteiger partial charge in [-0.3, -0.25) is 4.72 Å². The lowest BCUT2D eigenvalue weighted by Gasteiger charge is -2.27. The molecule has 1 fully saturated rings. The van der Waals surface area contributed by atoms with Crippen LogP contribution in [0.3, 0.4) is 0 Å². The molecule has 0 radical (unpaired) electrons. The summed E-state index contributed by atoms with van der Waals surface area (Å²) in [5, 5.41) is 0. The van der Waals surface area contributed by atoms with E-state index in [1.807, 2.05) is 6.07 Å². The van der Waals surface area contributed by atoms with Gasteiger partial charge in [0.1, 0.15) is 5.82 Å². The van der Waals surface area contributed by atoms with E-state index in [1.54, 1.807) is 12.3 Å². The van der Waals surface area contributed by atoms with E-state index < -0.39 is 10.0 Å². The fourth-order valence-corrected chi connectivity index (χ4v) is 3.48. The van der Waals surface area contributed by atoms with E-state index >= 15 is 0 Å². The Morgan fingerprint density at radius 3 is 2.58 bits per heavy atom. The molecule has 0 spiro atoms. The van der Waals surface area contributed by atoms with E-state index in [-0.39, 0.29) is 11.6 Å². The summed E-state index contributed by atoms with van der Waals surface area (Å²) in [6.45, 7) is 2.04. The van der Waals surface area contributed by atoms with Crippen LogP contribution in [-0.4, -0.2) is 38.1 Å². The molecular weight excluding hydrogens is 286 g/mol. The first kappa shape index (κ1) is 14.4. The van der Waals surface area contributed by atoms with Crippen molar-refractivity contribution in [2.45, 2.75) is 19.3 Å². The third-order valence-electron chi connectivity index (χ3n) is 3.05. The van der Waals surface area contributed by atoms with E-state index in [0.717, 1.165) is 18.9 Å². The molecule has 1 aliphatic rings. The van der Waals surface area contributed by atoms with Crippen molar-refractivity contribution in [1.82, 2.24) is 4.98 Å². The van der Waals surface area contributed by atoms with Crippen molar-refractivity contribution in [3.63, 3.8) is 0 Å². The summed E-state index contributed by atoms with van der Waals surface area (Å²) in [6, 6.07) is 3.59. The second-order valence-corrected chi connectivity index (χ2v) is 6.78. The van der Waals surface area contributed by atoms with E-state index in [2.05, 4.69) is 14.6 Å². The van der Waals surface area contributed by atoms with Gasteiger partial charge in [-0.25, -0.2) is 13.4 Å². The Hall–Kier alpha value is -1.01. The summed E-state index contributed by atoms with van der Waals surface area (Å²) in [4.78, 5) is 6.54. The van der Waals surface area contributed by atoms with Crippen molar-refractivity contribution in [3.8, 4) is 0 Å². The highest BCUT2D eigenvalue weighted by Crippen LogP contribution is 2.19. The number of nitrogens with one attached hydrogen (secondary N) is 1. The normalized spacial score (nSPS) is 16.4. The van der Waals surface area contributed by atoms with Gasteiger partial charge in [0.2, 0.25) is 10.0 Å².